The van der Waals surface area contributed by atoms with Crippen LogP contribution in [0.3, 0.4) is 0 Å². The van der Waals surface area contributed by atoms with Crippen LogP contribution in [0.4, 0.5) is 5.69 Å². The Kier molecular flexibility index (Phi) is 6.17. The molecule has 1 aromatic heterocycles. The van der Waals surface area contributed by atoms with Gasteiger partial charge >= 0.3 is 0 Å². The van der Waals surface area contributed by atoms with Crippen LogP contribution in [0.2, 0.25) is 0 Å². The SMILES string of the molecule is CN=C(NCc1ccccc1-n1ccnc1)N1CCN(c2ccc(OC)cc2)CC1. The fourth-order valence-corrected chi connectivity index (χ4v) is 3.79. The van der Waals surface area contributed by atoms with Crippen molar-refractivity contribution in [3.05, 3.63) is 72.8 Å². The minimum atomic E-state index is 0.708. The van der Waals surface area contributed by atoms with E-state index in [1.165, 1.54) is 11.3 Å². The first kappa shape index (κ1) is 19.8. The van der Waals surface area contributed by atoms with Gasteiger partial charge in [0.25, 0.3) is 0 Å². The third-order valence-corrected chi connectivity index (χ3v) is 5.44. The van der Waals surface area contributed by atoms with E-state index in [-0.39, 0.29) is 0 Å². The number of hydrogen-bond acceptors (Lipinski definition) is 4. The number of aliphatic imine (C=N–C) groups is 1. The van der Waals surface area contributed by atoms with E-state index in [9.17, 15) is 0 Å². The van der Waals surface area contributed by atoms with Crippen molar-refractivity contribution in [2.45, 2.75) is 6.54 Å². The van der Waals surface area contributed by atoms with Crippen molar-refractivity contribution < 1.29 is 4.74 Å². The number of nitrogens with zero attached hydrogens (tertiary/aromatic N) is 5. The van der Waals surface area contributed by atoms with Gasteiger partial charge in [-0.2, -0.15) is 0 Å². The molecule has 3 aromatic rings. The number of para-hydroxylation sites is 1. The van der Waals surface area contributed by atoms with Gasteiger partial charge < -0.3 is 24.4 Å². The fraction of sp³-hybridized carbons (Fsp3) is 0.304. The van der Waals surface area contributed by atoms with Crippen LogP contribution in [-0.2, 0) is 6.54 Å². The van der Waals surface area contributed by atoms with E-state index in [2.05, 4.69) is 55.4 Å². The summed E-state index contributed by atoms with van der Waals surface area (Å²) in [5, 5.41) is 3.53. The van der Waals surface area contributed by atoms with E-state index in [0.29, 0.717) is 6.54 Å². The molecule has 7 nitrogen and oxygen atoms in total. The van der Waals surface area contributed by atoms with Crippen molar-refractivity contribution in [2.24, 2.45) is 4.99 Å². The Morgan fingerprint density at radius 3 is 2.50 bits per heavy atom. The summed E-state index contributed by atoms with van der Waals surface area (Å²) in [6.45, 7) is 4.47. The Hall–Kier alpha value is -3.48. The molecule has 2 aromatic carbocycles. The molecule has 0 aliphatic carbocycles. The lowest BCUT2D eigenvalue weighted by Crippen LogP contribution is -2.52. The molecule has 30 heavy (non-hydrogen) atoms. The molecule has 1 aliphatic rings. The molecule has 4 rings (SSSR count). The molecule has 0 saturated carbocycles. The van der Waals surface area contributed by atoms with Crippen molar-refractivity contribution in [3.63, 3.8) is 0 Å². The Morgan fingerprint density at radius 1 is 1.07 bits per heavy atom. The summed E-state index contributed by atoms with van der Waals surface area (Å²) in [5.74, 6) is 1.82. The third kappa shape index (κ3) is 4.40. The summed E-state index contributed by atoms with van der Waals surface area (Å²) in [4.78, 5) is 13.4. The highest BCUT2D eigenvalue weighted by Crippen LogP contribution is 2.20. The van der Waals surface area contributed by atoms with Crippen molar-refractivity contribution in [1.29, 1.82) is 0 Å². The average molecular weight is 405 g/mol. The average Bonchev–Trinajstić information content (AvgIpc) is 3.35. The lowest BCUT2D eigenvalue weighted by atomic mass is 10.1. The smallest absolute Gasteiger partial charge is 0.194 e. The second-order valence-corrected chi connectivity index (χ2v) is 7.17. The molecule has 0 spiro atoms. The third-order valence-electron chi connectivity index (χ3n) is 5.44. The second kappa shape index (κ2) is 9.35. The van der Waals surface area contributed by atoms with Gasteiger partial charge in [-0.15, -0.1) is 0 Å². The lowest BCUT2D eigenvalue weighted by molar-refractivity contribution is 0.372. The van der Waals surface area contributed by atoms with E-state index >= 15 is 0 Å². The van der Waals surface area contributed by atoms with E-state index in [1.54, 1.807) is 13.3 Å². The van der Waals surface area contributed by atoms with Crippen LogP contribution in [0.5, 0.6) is 5.75 Å². The molecule has 1 fully saturated rings. The highest BCUT2D eigenvalue weighted by Gasteiger charge is 2.20. The Labute approximate surface area is 177 Å². The van der Waals surface area contributed by atoms with E-state index in [4.69, 9.17) is 4.74 Å². The van der Waals surface area contributed by atoms with Crippen LogP contribution in [-0.4, -0.2) is 60.7 Å². The Bertz CT molecular complexity index is 960. The van der Waals surface area contributed by atoms with Crippen LogP contribution < -0.4 is 15.0 Å². The molecule has 7 heteroatoms. The summed E-state index contributed by atoms with van der Waals surface area (Å²) in [6.07, 6.45) is 5.59. The van der Waals surface area contributed by atoms with Crippen molar-refractivity contribution in [2.75, 3.05) is 45.2 Å². The molecular weight excluding hydrogens is 376 g/mol. The maximum atomic E-state index is 5.26. The number of piperazine rings is 1. The number of methoxy groups -OCH3 is 1. The van der Waals surface area contributed by atoms with Gasteiger partial charge in [-0.25, -0.2) is 4.98 Å². The number of aromatic nitrogens is 2. The number of benzene rings is 2. The number of hydrogen-bond donors (Lipinski definition) is 1. The molecule has 0 atom stereocenters. The number of anilines is 1. The summed E-state index contributed by atoms with van der Waals surface area (Å²) in [5.41, 5.74) is 3.56. The van der Waals surface area contributed by atoms with Crippen LogP contribution in [0.25, 0.3) is 5.69 Å². The molecular formula is C23H28N6O. The van der Waals surface area contributed by atoms with Gasteiger partial charge in [-0.1, -0.05) is 18.2 Å². The Morgan fingerprint density at radius 2 is 1.83 bits per heavy atom. The molecule has 1 aliphatic heterocycles. The quantitative estimate of drug-likeness (QED) is 0.524. The largest absolute Gasteiger partial charge is 0.497 e. The van der Waals surface area contributed by atoms with Crippen molar-refractivity contribution in [1.82, 2.24) is 19.8 Å². The molecule has 1 N–H and O–H groups in total. The standard InChI is InChI=1S/C23H28N6O/c1-24-23(26-17-19-5-3-4-6-22(19)29-12-11-25-18-29)28-15-13-27(14-16-28)20-7-9-21(30-2)10-8-20/h3-12,18H,13-17H2,1-2H3,(H,24,26). The zero-order chi connectivity index (χ0) is 20.8. The normalized spacial score (nSPS) is 14.7. The summed E-state index contributed by atoms with van der Waals surface area (Å²) in [7, 11) is 3.54. The topological polar surface area (TPSA) is 57.9 Å². The molecule has 156 valence electrons. The van der Waals surface area contributed by atoms with Crippen LogP contribution >= 0.6 is 0 Å². The number of nitrogens with one attached hydrogen (secondary N) is 1. The Balaban J connectivity index is 1.36. The molecule has 0 radical (unpaired) electrons. The number of imidazole rings is 1. The minimum absolute atomic E-state index is 0.708. The highest BCUT2D eigenvalue weighted by atomic mass is 16.5. The molecule has 0 unspecified atom stereocenters. The first-order valence-electron chi connectivity index (χ1n) is 10.2. The lowest BCUT2D eigenvalue weighted by Gasteiger charge is -2.37. The van der Waals surface area contributed by atoms with Crippen LogP contribution in [0.1, 0.15) is 5.56 Å². The molecule has 0 amide bonds. The second-order valence-electron chi connectivity index (χ2n) is 7.17. The maximum Gasteiger partial charge on any atom is 0.194 e. The van der Waals surface area contributed by atoms with Gasteiger partial charge in [-0.05, 0) is 35.9 Å². The zero-order valence-corrected chi connectivity index (χ0v) is 17.5. The number of ether oxygens (including phenoxy) is 1. The highest BCUT2D eigenvalue weighted by molar-refractivity contribution is 5.80. The van der Waals surface area contributed by atoms with Gasteiger partial charge in [0.1, 0.15) is 5.75 Å². The predicted octanol–water partition coefficient (Wildman–Crippen LogP) is 2.78. The van der Waals surface area contributed by atoms with Gasteiger partial charge in [0.15, 0.2) is 5.96 Å². The number of guanidine groups is 1. The first-order valence-corrected chi connectivity index (χ1v) is 10.2. The van der Waals surface area contributed by atoms with Crippen molar-refractivity contribution in [3.8, 4) is 11.4 Å². The molecule has 1 saturated heterocycles. The fourth-order valence-electron chi connectivity index (χ4n) is 3.79. The first-order chi connectivity index (χ1) is 14.8. The monoisotopic (exact) mass is 404 g/mol. The van der Waals surface area contributed by atoms with Crippen LogP contribution in [0, 0.1) is 0 Å². The predicted molar refractivity (Wildman–Crippen MR) is 121 cm³/mol. The van der Waals surface area contributed by atoms with Gasteiger partial charge in [-0.3, -0.25) is 4.99 Å². The van der Waals surface area contributed by atoms with E-state index in [1.807, 2.05) is 42.3 Å². The maximum absolute atomic E-state index is 5.26. The summed E-state index contributed by atoms with van der Waals surface area (Å²) >= 11 is 0. The van der Waals surface area contributed by atoms with E-state index < -0.39 is 0 Å². The van der Waals surface area contributed by atoms with Crippen molar-refractivity contribution >= 4 is 11.6 Å². The van der Waals surface area contributed by atoms with Gasteiger partial charge in [0.2, 0.25) is 0 Å². The summed E-state index contributed by atoms with van der Waals surface area (Å²) in [6, 6.07) is 16.6. The summed E-state index contributed by atoms with van der Waals surface area (Å²) < 4.78 is 7.29. The minimum Gasteiger partial charge on any atom is -0.497 e. The molecule has 0 bridgehead atoms. The van der Waals surface area contributed by atoms with Gasteiger partial charge in [0.05, 0.1) is 19.1 Å². The van der Waals surface area contributed by atoms with E-state index in [0.717, 1.165) is 43.6 Å². The molecule has 2 heterocycles. The zero-order valence-electron chi connectivity index (χ0n) is 17.5. The van der Waals surface area contributed by atoms with Gasteiger partial charge in [0, 0.05) is 57.9 Å². The van der Waals surface area contributed by atoms with Crippen LogP contribution in [0.15, 0.2) is 72.2 Å². The number of rotatable bonds is 5.